The van der Waals surface area contributed by atoms with Crippen LogP contribution in [0.3, 0.4) is 0 Å². The minimum Gasteiger partial charge on any atom is -0.467 e. The van der Waals surface area contributed by atoms with Crippen molar-refractivity contribution in [1.82, 2.24) is 10.3 Å². The summed E-state index contributed by atoms with van der Waals surface area (Å²) in [6.45, 7) is 4.07. The topological polar surface area (TPSA) is 105 Å². The molecule has 5 rings (SSSR count). The molecule has 0 radical (unpaired) electrons. The third kappa shape index (κ3) is 3.78. The third-order valence-corrected chi connectivity index (χ3v) is 4.92. The van der Waals surface area contributed by atoms with Crippen LogP contribution in [0.15, 0.2) is 99.1 Å². The largest absolute Gasteiger partial charge is 0.467 e. The fourth-order valence-electron chi connectivity index (χ4n) is 3.49. The van der Waals surface area contributed by atoms with Crippen molar-refractivity contribution in [2.75, 3.05) is 10.6 Å². The maximum atomic E-state index is 13.1. The van der Waals surface area contributed by atoms with Crippen LogP contribution in [0.2, 0.25) is 0 Å². The number of hydrogen-bond donors (Lipinski definition) is 3. The van der Waals surface area contributed by atoms with Crippen LogP contribution in [0.1, 0.15) is 11.8 Å². The molecule has 1 aliphatic heterocycles. The van der Waals surface area contributed by atoms with Crippen molar-refractivity contribution in [2.45, 2.75) is 6.04 Å². The molecule has 1 aliphatic rings. The van der Waals surface area contributed by atoms with Crippen LogP contribution in [0.4, 0.5) is 11.7 Å². The average Bonchev–Trinajstić information content (AvgIpc) is 3.43. The molecule has 31 heavy (non-hydrogen) atoms. The van der Waals surface area contributed by atoms with Crippen molar-refractivity contribution >= 4 is 34.7 Å². The standard InChI is InChI=1S/C23H19N5O3/c1-14-19(21(29)25-15-8-3-2-4-9-15)20(18-12-7-13-30-18)27-22(24-14)28-23-26-16-10-5-6-11-17(16)31-23/h2-13,19-20H,1H2,(H,25,29)(H2,24,26,27,28)/t19-,20+/m1/s1. The molecule has 0 spiro atoms. The zero-order valence-electron chi connectivity index (χ0n) is 16.4. The number of carbonyl (C=O) groups excluding carboxylic acids is 1. The lowest BCUT2D eigenvalue weighted by Crippen LogP contribution is -2.43. The van der Waals surface area contributed by atoms with E-state index in [9.17, 15) is 4.79 Å². The lowest BCUT2D eigenvalue weighted by Gasteiger charge is -2.30. The highest BCUT2D eigenvalue weighted by Gasteiger charge is 2.38. The zero-order valence-corrected chi connectivity index (χ0v) is 16.4. The van der Waals surface area contributed by atoms with Gasteiger partial charge in [-0.25, -0.2) is 4.99 Å². The Bertz CT molecular complexity index is 1230. The van der Waals surface area contributed by atoms with Crippen LogP contribution in [0.25, 0.3) is 11.1 Å². The fraction of sp³-hybridized carbons (Fsp3) is 0.0870. The van der Waals surface area contributed by atoms with Crippen molar-refractivity contribution in [3.63, 3.8) is 0 Å². The predicted octanol–water partition coefficient (Wildman–Crippen LogP) is 4.30. The maximum Gasteiger partial charge on any atom is 0.302 e. The SMILES string of the molecule is C=C1NC(Nc2nc3ccccc3o2)=N[C@@H](c2ccco2)[C@@H]1C(=O)Nc1ccccc1. The first-order valence-corrected chi connectivity index (χ1v) is 9.73. The number of nitrogens with zero attached hydrogens (tertiary/aromatic N) is 2. The highest BCUT2D eigenvalue weighted by Crippen LogP contribution is 2.34. The van der Waals surface area contributed by atoms with Crippen molar-refractivity contribution in [3.8, 4) is 0 Å². The van der Waals surface area contributed by atoms with Crippen LogP contribution in [0.5, 0.6) is 0 Å². The number of anilines is 2. The second-order valence-corrected chi connectivity index (χ2v) is 7.03. The van der Waals surface area contributed by atoms with Gasteiger partial charge in [0, 0.05) is 11.4 Å². The number of benzene rings is 2. The normalized spacial score (nSPS) is 18.3. The summed E-state index contributed by atoms with van der Waals surface area (Å²) in [5.74, 6) is -0.00950. The number of hydrogen-bond acceptors (Lipinski definition) is 7. The smallest absolute Gasteiger partial charge is 0.302 e. The number of carbonyl (C=O) groups is 1. The molecule has 2 atom stereocenters. The van der Waals surface area contributed by atoms with Crippen molar-refractivity contribution in [3.05, 3.63) is 91.0 Å². The Labute approximate surface area is 177 Å². The summed E-state index contributed by atoms with van der Waals surface area (Å²) in [6, 6.07) is 19.9. The Morgan fingerprint density at radius 3 is 2.61 bits per heavy atom. The summed E-state index contributed by atoms with van der Waals surface area (Å²) in [4.78, 5) is 22.2. The first-order chi connectivity index (χ1) is 15.2. The van der Waals surface area contributed by atoms with Gasteiger partial charge in [0.15, 0.2) is 5.58 Å². The molecule has 2 aromatic heterocycles. The first kappa shape index (κ1) is 18.7. The number of rotatable bonds is 4. The summed E-state index contributed by atoms with van der Waals surface area (Å²) >= 11 is 0. The van der Waals surface area contributed by atoms with E-state index in [1.54, 1.807) is 18.4 Å². The molecular weight excluding hydrogens is 394 g/mol. The Balaban J connectivity index is 1.44. The van der Waals surface area contributed by atoms with Crippen LogP contribution in [-0.2, 0) is 4.79 Å². The van der Waals surface area contributed by atoms with E-state index in [0.717, 1.165) is 5.52 Å². The van der Waals surface area contributed by atoms with Gasteiger partial charge in [-0.2, -0.15) is 4.98 Å². The van der Waals surface area contributed by atoms with Gasteiger partial charge in [0.1, 0.15) is 23.2 Å². The van der Waals surface area contributed by atoms with E-state index in [0.29, 0.717) is 28.7 Å². The molecule has 0 aliphatic carbocycles. The molecule has 2 aromatic carbocycles. The van der Waals surface area contributed by atoms with Crippen molar-refractivity contribution < 1.29 is 13.6 Å². The second kappa shape index (κ2) is 7.83. The summed E-state index contributed by atoms with van der Waals surface area (Å²) in [7, 11) is 0. The van der Waals surface area contributed by atoms with Crippen LogP contribution < -0.4 is 16.0 Å². The lowest BCUT2D eigenvalue weighted by atomic mass is 9.92. The predicted molar refractivity (Wildman–Crippen MR) is 117 cm³/mol. The summed E-state index contributed by atoms with van der Waals surface area (Å²) < 4.78 is 11.3. The Morgan fingerprint density at radius 1 is 1.03 bits per heavy atom. The molecule has 0 unspecified atom stereocenters. The van der Waals surface area contributed by atoms with Gasteiger partial charge in [-0.05, 0) is 36.4 Å². The van der Waals surface area contributed by atoms with Gasteiger partial charge in [-0.3, -0.25) is 10.1 Å². The number of aromatic nitrogens is 1. The molecule has 3 heterocycles. The zero-order chi connectivity index (χ0) is 21.2. The highest BCUT2D eigenvalue weighted by molar-refractivity contribution is 6.00. The Hall–Kier alpha value is -4.33. The molecular formula is C23H19N5O3. The number of fused-ring (bicyclic) bond motifs is 1. The van der Waals surface area contributed by atoms with Crippen LogP contribution in [-0.4, -0.2) is 16.9 Å². The van der Waals surface area contributed by atoms with Gasteiger partial charge < -0.3 is 19.5 Å². The van der Waals surface area contributed by atoms with E-state index in [4.69, 9.17) is 8.83 Å². The number of amides is 1. The second-order valence-electron chi connectivity index (χ2n) is 7.03. The fourth-order valence-corrected chi connectivity index (χ4v) is 3.49. The molecule has 4 aromatic rings. The number of nitrogens with one attached hydrogen (secondary N) is 3. The number of guanidine groups is 1. The number of para-hydroxylation sites is 3. The van der Waals surface area contributed by atoms with Crippen LogP contribution in [0, 0.1) is 5.92 Å². The Kier molecular flexibility index (Phi) is 4.72. The van der Waals surface area contributed by atoms with Crippen molar-refractivity contribution in [1.29, 1.82) is 0 Å². The van der Waals surface area contributed by atoms with E-state index in [-0.39, 0.29) is 11.9 Å². The van der Waals surface area contributed by atoms with Crippen LogP contribution >= 0.6 is 0 Å². The average molecular weight is 413 g/mol. The van der Waals surface area contributed by atoms with Gasteiger partial charge in [0.05, 0.1) is 6.26 Å². The number of furan rings is 1. The van der Waals surface area contributed by atoms with Gasteiger partial charge in [-0.1, -0.05) is 36.9 Å². The molecule has 1 amide bonds. The molecule has 0 bridgehead atoms. The first-order valence-electron chi connectivity index (χ1n) is 9.73. The summed E-state index contributed by atoms with van der Waals surface area (Å²) in [6.07, 6.45) is 1.55. The van der Waals surface area contributed by atoms with E-state index in [2.05, 4.69) is 32.5 Å². The van der Waals surface area contributed by atoms with E-state index in [1.165, 1.54) is 0 Å². The van der Waals surface area contributed by atoms with E-state index in [1.807, 2.05) is 54.6 Å². The van der Waals surface area contributed by atoms with Crippen molar-refractivity contribution in [2.24, 2.45) is 10.9 Å². The van der Waals surface area contributed by atoms with Gasteiger partial charge in [0.25, 0.3) is 0 Å². The lowest BCUT2D eigenvalue weighted by molar-refractivity contribution is -0.119. The Morgan fingerprint density at radius 2 is 1.84 bits per heavy atom. The highest BCUT2D eigenvalue weighted by atomic mass is 16.4. The van der Waals surface area contributed by atoms with Gasteiger partial charge in [0.2, 0.25) is 11.9 Å². The quantitative estimate of drug-likeness (QED) is 0.461. The monoisotopic (exact) mass is 413 g/mol. The third-order valence-electron chi connectivity index (χ3n) is 4.92. The molecule has 8 nitrogen and oxygen atoms in total. The molecule has 0 saturated heterocycles. The van der Waals surface area contributed by atoms with E-state index >= 15 is 0 Å². The number of oxazole rings is 1. The van der Waals surface area contributed by atoms with Gasteiger partial charge in [-0.15, -0.1) is 0 Å². The maximum absolute atomic E-state index is 13.1. The minimum absolute atomic E-state index is 0.241. The number of aliphatic imine (C=N–C) groups is 1. The molecule has 0 saturated carbocycles. The summed E-state index contributed by atoms with van der Waals surface area (Å²) in [5, 5.41) is 9.00. The molecule has 8 heteroatoms. The molecule has 0 fully saturated rings. The summed E-state index contributed by atoms with van der Waals surface area (Å²) in [5.41, 5.74) is 2.55. The van der Waals surface area contributed by atoms with E-state index < -0.39 is 12.0 Å². The molecule has 154 valence electrons. The minimum atomic E-state index is -0.680. The van der Waals surface area contributed by atoms with Gasteiger partial charge >= 0.3 is 6.01 Å². The molecule has 3 N–H and O–H groups in total.